The van der Waals surface area contributed by atoms with E-state index in [9.17, 15) is 14.7 Å². The van der Waals surface area contributed by atoms with Crippen molar-refractivity contribution < 1.29 is 14.7 Å². The van der Waals surface area contributed by atoms with Crippen molar-refractivity contribution in [3.63, 3.8) is 0 Å². The summed E-state index contributed by atoms with van der Waals surface area (Å²) in [5.74, 6) is -1.08. The van der Waals surface area contributed by atoms with Crippen molar-refractivity contribution in [2.75, 3.05) is 6.54 Å². The molecule has 0 bridgehead atoms. The lowest BCUT2D eigenvalue weighted by Gasteiger charge is -2.40. The van der Waals surface area contributed by atoms with E-state index < -0.39 is 23.5 Å². The summed E-state index contributed by atoms with van der Waals surface area (Å²) in [6, 6.07) is 0. The van der Waals surface area contributed by atoms with Gasteiger partial charge in [0.2, 0.25) is 5.78 Å². The Kier molecular flexibility index (Phi) is 4.26. The second-order valence-corrected chi connectivity index (χ2v) is 5.99. The topological polar surface area (TPSA) is 83.6 Å². The van der Waals surface area contributed by atoms with E-state index in [0.717, 1.165) is 32.1 Å². The molecule has 3 unspecified atom stereocenters. The maximum atomic E-state index is 12.4. The number of aliphatic hydroxyl groups excluding tert-OH is 1. The standard InChI is InChI=1S/C14H24N2O3/c1-10-6-2-4-8-14(10,15)12(18)13(19)16-9-5-3-7-11(16)17/h10-11,17H,2-9,15H2,1H3. The van der Waals surface area contributed by atoms with Gasteiger partial charge in [0.25, 0.3) is 5.91 Å². The van der Waals surface area contributed by atoms with Crippen LogP contribution in [0.25, 0.3) is 0 Å². The molecular weight excluding hydrogens is 244 g/mol. The molecule has 5 nitrogen and oxygen atoms in total. The molecule has 1 saturated carbocycles. The zero-order chi connectivity index (χ0) is 14.0. The van der Waals surface area contributed by atoms with E-state index in [2.05, 4.69) is 0 Å². The molecule has 3 N–H and O–H groups in total. The zero-order valence-corrected chi connectivity index (χ0v) is 11.6. The first kappa shape index (κ1) is 14.5. The third kappa shape index (κ3) is 2.67. The highest BCUT2D eigenvalue weighted by Gasteiger charge is 2.46. The number of hydrogen-bond donors (Lipinski definition) is 2. The first-order valence-corrected chi connectivity index (χ1v) is 7.29. The first-order chi connectivity index (χ1) is 8.97. The zero-order valence-electron chi connectivity index (χ0n) is 11.6. The van der Waals surface area contributed by atoms with Gasteiger partial charge in [0.15, 0.2) is 0 Å². The monoisotopic (exact) mass is 268 g/mol. The van der Waals surface area contributed by atoms with Crippen LogP contribution in [0.1, 0.15) is 51.9 Å². The van der Waals surface area contributed by atoms with Crippen molar-refractivity contribution in [3.05, 3.63) is 0 Å². The van der Waals surface area contributed by atoms with Crippen LogP contribution in [0.15, 0.2) is 0 Å². The molecule has 0 spiro atoms. The molecule has 1 aliphatic carbocycles. The third-order valence-corrected chi connectivity index (χ3v) is 4.71. The summed E-state index contributed by atoms with van der Waals surface area (Å²) in [5.41, 5.74) is 5.19. The summed E-state index contributed by atoms with van der Waals surface area (Å²) in [5, 5.41) is 9.85. The Bertz CT molecular complexity index is 372. The molecule has 1 heterocycles. The predicted octanol–water partition coefficient (Wildman–Crippen LogP) is 0.794. The largest absolute Gasteiger partial charge is 0.374 e. The molecule has 1 aliphatic heterocycles. The van der Waals surface area contributed by atoms with Crippen LogP contribution in [0.4, 0.5) is 0 Å². The molecule has 19 heavy (non-hydrogen) atoms. The number of likely N-dealkylation sites (tertiary alicyclic amines) is 1. The number of carbonyl (C=O) groups is 2. The van der Waals surface area contributed by atoms with Crippen molar-refractivity contribution >= 4 is 11.7 Å². The Morgan fingerprint density at radius 1 is 1.21 bits per heavy atom. The molecule has 3 atom stereocenters. The lowest BCUT2D eigenvalue weighted by molar-refractivity contribution is -0.157. The van der Waals surface area contributed by atoms with Gasteiger partial charge in [0.05, 0.1) is 5.54 Å². The van der Waals surface area contributed by atoms with Gasteiger partial charge in [0.1, 0.15) is 6.23 Å². The highest BCUT2D eigenvalue weighted by molar-refractivity contribution is 6.39. The second-order valence-electron chi connectivity index (χ2n) is 5.99. The number of carbonyl (C=O) groups excluding carboxylic acids is 2. The smallest absolute Gasteiger partial charge is 0.293 e. The molecule has 0 aromatic rings. The van der Waals surface area contributed by atoms with Crippen molar-refractivity contribution in [1.29, 1.82) is 0 Å². The molecule has 1 amide bonds. The predicted molar refractivity (Wildman–Crippen MR) is 71.1 cm³/mol. The van der Waals surface area contributed by atoms with Crippen molar-refractivity contribution in [1.82, 2.24) is 4.90 Å². The van der Waals surface area contributed by atoms with Crippen LogP contribution in [-0.4, -0.2) is 40.0 Å². The minimum Gasteiger partial charge on any atom is -0.374 e. The van der Waals surface area contributed by atoms with Crippen LogP contribution in [0, 0.1) is 5.92 Å². The summed E-state index contributed by atoms with van der Waals surface area (Å²) in [6.45, 7) is 2.40. The summed E-state index contributed by atoms with van der Waals surface area (Å²) < 4.78 is 0. The Balaban J connectivity index is 2.11. The molecule has 1 saturated heterocycles. The van der Waals surface area contributed by atoms with Crippen LogP contribution in [0.3, 0.4) is 0 Å². The van der Waals surface area contributed by atoms with Gasteiger partial charge in [-0.15, -0.1) is 0 Å². The average Bonchev–Trinajstić information content (AvgIpc) is 2.41. The summed E-state index contributed by atoms with van der Waals surface area (Å²) in [6.07, 6.45) is 4.86. The van der Waals surface area contributed by atoms with Gasteiger partial charge in [0, 0.05) is 6.54 Å². The van der Waals surface area contributed by atoms with E-state index in [1.165, 1.54) is 4.90 Å². The maximum Gasteiger partial charge on any atom is 0.293 e. The normalized spacial score (nSPS) is 36.1. The lowest BCUT2D eigenvalue weighted by Crippen LogP contribution is -2.61. The Hall–Kier alpha value is -0.940. The van der Waals surface area contributed by atoms with Gasteiger partial charge >= 0.3 is 0 Å². The van der Waals surface area contributed by atoms with Crippen molar-refractivity contribution in [2.24, 2.45) is 11.7 Å². The Morgan fingerprint density at radius 3 is 2.53 bits per heavy atom. The molecule has 5 heteroatoms. The molecule has 0 aromatic carbocycles. The summed E-state index contributed by atoms with van der Waals surface area (Å²) in [7, 11) is 0. The molecular formula is C14H24N2O3. The lowest BCUT2D eigenvalue weighted by atomic mass is 9.71. The number of ketones is 1. The van der Waals surface area contributed by atoms with Crippen LogP contribution in [0.2, 0.25) is 0 Å². The van der Waals surface area contributed by atoms with Crippen LogP contribution >= 0.6 is 0 Å². The molecule has 2 rings (SSSR count). The Labute approximate surface area is 114 Å². The fourth-order valence-corrected chi connectivity index (χ4v) is 3.19. The van der Waals surface area contributed by atoms with Crippen molar-refractivity contribution in [2.45, 2.75) is 63.6 Å². The number of hydrogen-bond acceptors (Lipinski definition) is 4. The highest BCUT2D eigenvalue weighted by atomic mass is 16.3. The van der Waals surface area contributed by atoms with E-state index in [-0.39, 0.29) is 5.92 Å². The maximum absolute atomic E-state index is 12.4. The molecule has 0 radical (unpaired) electrons. The van der Waals surface area contributed by atoms with Gasteiger partial charge in [-0.3, -0.25) is 9.59 Å². The van der Waals surface area contributed by atoms with Crippen LogP contribution in [0.5, 0.6) is 0 Å². The third-order valence-electron chi connectivity index (χ3n) is 4.71. The number of aliphatic hydroxyl groups is 1. The van der Waals surface area contributed by atoms with Gasteiger partial charge in [-0.05, 0) is 38.0 Å². The number of rotatable bonds is 2. The van der Waals surface area contributed by atoms with E-state index >= 15 is 0 Å². The number of piperidine rings is 1. The van der Waals surface area contributed by atoms with Crippen LogP contribution in [-0.2, 0) is 9.59 Å². The fraction of sp³-hybridized carbons (Fsp3) is 0.857. The minimum atomic E-state index is -1.04. The van der Waals surface area contributed by atoms with Gasteiger partial charge in [-0.25, -0.2) is 0 Å². The number of amides is 1. The fourth-order valence-electron chi connectivity index (χ4n) is 3.19. The van der Waals surface area contributed by atoms with E-state index in [1.54, 1.807) is 0 Å². The quantitative estimate of drug-likeness (QED) is 0.725. The van der Waals surface area contributed by atoms with Gasteiger partial charge in [-0.1, -0.05) is 19.8 Å². The SMILES string of the molecule is CC1CCCCC1(N)C(=O)C(=O)N1CCCCC1O. The Morgan fingerprint density at radius 2 is 1.89 bits per heavy atom. The number of nitrogens with zero attached hydrogens (tertiary/aromatic N) is 1. The molecule has 0 aromatic heterocycles. The van der Waals surface area contributed by atoms with Gasteiger partial charge in [-0.2, -0.15) is 0 Å². The number of nitrogens with two attached hydrogens (primary N) is 1. The minimum absolute atomic E-state index is 0.0274. The second kappa shape index (κ2) is 5.59. The number of Topliss-reactive ketones (excluding diaryl/α,β-unsaturated/α-hetero) is 1. The first-order valence-electron chi connectivity index (χ1n) is 7.29. The highest BCUT2D eigenvalue weighted by Crippen LogP contribution is 2.33. The van der Waals surface area contributed by atoms with Gasteiger partial charge < -0.3 is 15.7 Å². The molecule has 108 valence electrons. The summed E-state index contributed by atoms with van der Waals surface area (Å²) >= 11 is 0. The van der Waals surface area contributed by atoms with E-state index in [1.807, 2.05) is 6.92 Å². The van der Waals surface area contributed by atoms with E-state index in [0.29, 0.717) is 19.4 Å². The molecule has 2 fully saturated rings. The average molecular weight is 268 g/mol. The molecule has 2 aliphatic rings. The summed E-state index contributed by atoms with van der Waals surface area (Å²) in [4.78, 5) is 26.0. The van der Waals surface area contributed by atoms with E-state index in [4.69, 9.17) is 5.73 Å². The van der Waals surface area contributed by atoms with Crippen LogP contribution < -0.4 is 5.73 Å². The van der Waals surface area contributed by atoms with Crippen molar-refractivity contribution in [3.8, 4) is 0 Å².